The molecule has 146 valence electrons. The molecule has 1 saturated carbocycles. The van der Waals surface area contributed by atoms with Gasteiger partial charge in [-0.1, -0.05) is 31.5 Å². The molecule has 1 aliphatic rings. The molecule has 3 rings (SSSR count). The number of hydrogen-bond acceptors (Lipinski definition) is 1. The van der Waals surface area contributed by atoms with Gasteiger partial charge in [0.1, 0.15) is 5.82 Å². The zero-order valence-corrected chi connectivity index (χ0v) is 16.0. The monoisotopic (exact) mass is 376 g/mol. The summed E-state index contributed by atoms with van der Waals surface area (Å²) in [7, 11) is 0. The highest BCUT2D eigenvalue weighted by atomic mass is 19.2. The van der Waals surface area contributed by atoms with Crippen molar-refractivity contribution in [2.45, 2.75) is 58.3 Å². The molecule has 2 aromatic rings. The predicted octanol–water partition coefficient (Wildman–Crippen LogP) is 6.72. The minimum absolute atomic E-state index is 0.0148. The van der Waals surface area contributed by atoms with E-state index in [0.29, 0.717) is 18.6 Å². The van der Waals surface area contributed by atoms with Crippen LogP contribution in [0.25, 0.3) is 0 Å². The number of ether oxygens (including phenoxy) is 1. The summed E-state index contributed by atoms with van der Waals surface area (Å²) in [5.74, 6) is -1.32. The Morgan fingerprint density at radius 2 is 1.70 bits per heavy atom. The van der Waals surface area contributed by atoms with Crippen LogP contribution in [-0.4, -0.2) is 6.61 Å². The fraction of sp³-hybridized carbons (Fsp3) is 0.478. The van der Waals surface area contributed by atoms with Crippen molar-refractivity contribution in [3.8, 4) is 5.75 Å². The third-order valence-corrected chi connectivity index (χ3v) is 5.56. The molecule has 0 atom stereocenters. The lowest BCUT2D eigenvalue weighted by Gasteiger charge is -2.29. The molecule has 0 bridgehead atoms. The first-order valence-corrected chi connectivity index (χ1v) is 9.85. The Bertz CT molecular complexity index is 779. The van der Waals surface area contributed by atoms with E-state index in [1.807, 2.05) is 26.0 Å². The number of rotatable bonds is 6. The molecule has 0 radical (unpaired) electrons. The van der Waals surface area contributed by atoms with Gasteiger partial charge in [-0.3, -0.25) is 0 Å². The van der Waals surface area contributed by atoms with Crippen molar-refractivity contribution in [3.05, 3.63) is 64.5 Å². The van der Waals surface area contributed by atoms with Crippen LogP contribution in [0.3, 0.4) is 0 Å². The molecule has 0 unspecified atom stereocenters. The van der Waals surface area contributed by atoms with Crippen molar-refractivity contribution >= 4 is 0 Å². The second-order valence-electron chi connectivity index (χ2n) is 7.65. The summed E-state index contributed by atoms with van der Waals surface area (Å²) in [6.45, 7) is 4.19. The summed E-state index contributed by atoms with van der Waals surface area (Å²) in [5, 5.41) is 0. The van der Waals surface area contributed by atoms with Crippen molar-refractivity contribution in [2.75, 3.05) is 6.61 Å². The molecule has 0 aromatic heterocycles. The molecule has 1 nitrogen and oxygen atoms in total. The molecular weight excluding hydrogens is 349 g/mol. The topological polar surface area (TPSA) is 9.23 Å². The van der Waals surface area contributed by atoms with E-state index in [1.54, 1.807) is 12.1 Å². The Kier molecular flexibility index (Phi) is 6.46. The van der Waals surface area contributed by atoms with Crippen molar-refractivity contribution in [1.82, 2.24) is 0 Å². The maximum Gasteiger partial charge on any atom is 0.200 e. The van der Waals surface area contributed by atoms with E-state index in [2.05, 4.69) is 0 Å². The lowest BCUT2D eigenvalue weighted by Crippen LogP contribution is -2.20. The van der Waals surface area contributed by atoms with Crippen molar-refractivity contribution in [3.63, 3.8) is 0 Å². The molecule has 1 fully saturated rings. The van der Waals surface area contributed by atoms with E-state index in [9.17, 15) is 13.2 Å². The van der Waals surface area contributed by atoms with Crippen LogP contribution in [0.4, 0.5) is 13.2 Å². The van der Waals surface area contributed by atoms with Crippen molar-refractivity contribution < 1.29 is 17.9 Å². The normalized spacial score (nSPS) is 19.9. The van der Waals surface area contributed by atoms with E-state index in [1.165, 1.54) is 6.07 Å². The first-order chi connectivity index (χ1) is 13.0. The van der Waals surface area contributed by atoms with Crippen LogP contribution in [0, 0.1) is 30.3 Å². The zero-order valence-electron chi connectivity index (χ0n) is 16.0. The van der Waals surface area contributed by atoms with Crippen LogP contribution >= 0.6 is 0 Å². The molecule has 0 saturated heterocycles. The summed E-state index contributed by atoms with van der Waals surface area (Å²) in [4.78, 5) is 0. The summed E-state index contributed by atoms with van der Waals surface area (Å²) in [5.41, 5.74) is 2.11. The molecule has 0 amide bonds. The standard InChI is InChI=1S/C23H27F3O/c1-3-4-18-10-12-21(23(26)22(18)25)27-14-16-6-8-17(9-7-16)19-11-5-15(2)13-20(19)24/h5,10-13,16-17H,3-4,6-9,14H2,1-2H3. The second-order valence-corrected chi connectivity index (χ2v) is 7.65. The van der Waals surface area contributed by atoms with Gasteiger partial charge in [0.15, 0.2) is 11.6 Å². The maximum atomic E-state index is 14.2. The average Bonchev–Trinajstić information content (AvgIpc) is 2.66. The van der Waals surface area contributed by atoms with Gasteiger partial charge in [0.05, 0.1) is 6.61 Å². The molecule has 4 heteroatoms. The Morgan fingerprint density at radius 3 is 2.37 bits per heavy atom. The van der Waals surface area contributed by atoms with Gasteiger partial charge in [-0.25, -0.2) is 8.78 Å². The molecule has 0 heterocycles. The SMILES string of the molecule is CCCc1ccc(OCC2CCC(c3ccc(C)cc3F)CC2)c(F)c1F. The van der Waals surface area contributed by atoms with E-state index >= 15 is 0 Å². The quantitative estimate of drug-likeness (QED) is 0.544. The minimum Gasteiger partial charge on any atom is -0.490 e. The Hall–Kier alpha value is -1.97. The second kappa shape index (κ2) is 8.81. The number of benzene rings is 2. The highest BCUT2D eigenvalue weighted by molar-refractivity contribution is 5.31. The average molecular weight is 376 g/mol. The van der Waals surface area contributed by atoms with Crippen LogP contribution < -0.4 is 4.74 Å². The lowest BCUT2D eigenvalue weighted by atomic mass is 9.78. The molecule has 0 spiro atoms. The van der Waals surface area contributed by atoms with Crippen molar-refractivity contribution in [1.29, 1.82) is 0 Å². The summed E-state index contributed by atoms with van der Waals surface area (Å²) in [6.07, 6.45) is 4.86. The summed E-state index contributed by atoms with van der Waals surface area (Å²) < 4.78 is 47.9. The Balaban J connectivity index is 1.55. The molecule has 2 aromatic carbocycles. The summed E-state index contributed by atoms with van der Waals surface area (Å²) >= 11 is 0. The van der Waals surface area contributed by atoms with E-state index in [-0.39, 0.29) is 23.4 Å². The molecule has 1 aliphatic carbocycles. The van der Waals surface area contributed by atoms with Gasteiger partial charge in [0, 0.05) is 0 Å². The number of hydrogen-bond donors (Lipinski definition) is 0. The van der Waals surface area contributed by atoms with Gasteiger partial charge in [-0.05, 0) is 79.7 Å². The van der Waals surface area contributed by atoms with Gasteiger partial charge in [0.2, 0.25) is 5.82 Å². The van der Waals surface area contributed by atoms with Gasteiger partial charge >= 0.3 is 0 Å². The van der Waals surface area contributed by atoms with Gasteiger partial charge in [-0.15, -0.1) is 0 Å². The van der Waals surface area contributed by atoms with Crippen LogP contribution in [0.2, 0.25) is 0 Å². The molecule has 0 aliphatic heterocycles. The van der Waals surface area contributed by atoms with Gasteiger partial charge in [0.25, 0.3) is 0 Å². The van der Waals surface area contributed by atoms with E-state index in [4.69, 9.17) is 4.74 Å². The highest BCUT2D eigenvalue weighted by Gasteiger charge is 2.25. The van der Waals surface area contributed by atoms with Gasteiger partial charge in [-0.2, -0.15) is 4.39 Å². The van der Waals surface area contributed by atoms with Crippen LogP contribution in [0.1, 0.15) is 61.6 Å². The smallest absolute Gasteiger partial charge is 0.200 e. The van der Waals surface area contributed by atoms with Crippen molar-refractivity contribution in [2.24, 2.45) is 5.92 Å². The molecular formula is C23H27F3O. The molecule has 0 N–H and O–H groups in total. The fourth-order valence-corrected chi connectivity index (χ4v) is 3.96. The third-order valence-electron chi connectivity index (χ3n) is 5.56. The first-order valence-electron chi connectivity index (χ1n) is 9.85. The maximum absolute atomic E-state index is 14.2. The first kappa shape index (κ1) is 19.8. The van der Waals surface area contributed by atoms with E-state index < -0.39 is 11.6 Å². The Labute approximate surface area is 159 Å². The molecule has 27 heavy (non-hydrogen) atoms. The third kappa shape index (κ3) is 4.66. The number of halogens is 3. The van der Waals surface area contributed by atoms with E-state index in [0.717, 1.165) is 43.2 Å². The minimum atomic E-state index is -0.892. The largest absolute Gasteiger partial charge is 0.490 e. The number of aryl methyl sites for hydroxylation is 2. The van der Waals surface area contributed by atoms with Crippen LogP contribution in [-0.2, 0) is 6.42 Å². The summed E-state index contributed by atoms with van der Waals surface area (Å²) in [6, 6.07) is 8.56. The van der Waals surface area contributed by atoms with Crippen LogP contribution in [0.5, 0.6) is 5.75 Å². The highest BCUT2D eigenvalue weighted by Crippen LogP contribution is 2.37. The lowest BCUT2D eigenvalue weighted by molar-refractivity contribution is 0.192. The zero-order chi connectivity index (χ0) is 19.4. The van der Waals surface area contributed by atoms with Crippen LogP contribution in [0.15, 0.2) is 30.3 Å². The Morgan fingerprint density at radius 1 is 0.963 bits per heavy atom. The predicted molar refractivity (Wildman–Crippen MR) is 102 cm³/mol. The van der Waals surface area contributed by atoms with Gasteiger partial charge < -0.3 is 4.74 Å². The fourth-order valence-electron chi connectivity index (χ4n) is 3.96.